The Bertz CT molecular complexity index is 845. The lowest BCUT2D eigenvalue weighted by atomic mass is 9.65. The number of hydrogen-bond donors (Lipinski definition) is 2. The van der Waals surface area contributed by atoms with Gasteiger partial charge in [0.1, 0.15) is 0 Å². The van der Waals surface area contributed by atoms with Gasteiger partial charge in [-0.1, -0.05) is 18.2 Å². The second-order valence-electron chi connectivity index (χ2n) is 8.18. The number of hydrogen-bond acceptors (Lipinski definition) is 4. The minimum Gasteiger partial charge on any atom is -0.469 e. The number of nitrogens with one attached hydrogen (secondary N) is 1. The number of aromatic amines is 1. The largest absolute Gasteiger partial charge is 0.469 e. The third-order valence-corrected chi connectivity index (χ3v) is 7.02. The van der Waals surface area contributed by atoms with Crippen molar-refractivity contribution in [1.29, 1.82) is 0 Å². The van der Waals surface area contributed by atoms with Crippen LogP contribution in [0.15, 0.2) is 24.3 Å². The third-order valence-electron chi connectivity index (χ3n) is 7.02. The lowest BCUT2D eigenvalue weighted by Gasteiger charge is -2.50. The number of rotatable bonds is 1. The lowest BCUT2D eigenvalue weighted by molar-refractivity contribution is -0.160. The topological polar surface area (TPSA) is 65.6 Å². The molecule has 5 atom stereocenters. The number of ether oxygens (including phenoxy) is 1. The van der Waals surface area contributed by atoms with E-state index in [1.54, 1.807) is 0 Å². The van der Waals surface area contributed by atoms with Crippen molar-refractivity contribution in [3.8, 4) is 0 Å². The van der Waals surface area contributed by atoms with Crippen LogP contribution >= 0.6 is 0 Å². The highest BCUT2D eigenvalue weighted by Crippen LogP contribution is 2.49. The van der Waals surface area contributed by atoms with E-state index < -0.39 is 6.10 Å². The van der Waals surface area contributed by atoms with Crippen molar-refractivity contribution in [1.82, 2.24) is 9.88 Å². The van der Waals surface area contributed by atoms with Crippen LogP contribution in [0.4, 0.5) is 0 Å². The van der Waals surface area contributed by atoms with Gasteiger partial charge in [0.05, 0.1) is 25.2 Å². The van der Waals surface area contributed by atoms with Gasteiger partial charge in [0.15, 0.2) is 0 Å². The second kappa shape index (κ2) is 6.10. The second-order valence-corrected chi connectivity index (χ2v) is 8.18. The van der Waals surface area contributed by atoms with Crippen LogP contribution in [0.5, 0.6) is 0 Å². The van der Waals surface area contributed by atoms with Gasteiger partial charge in [-0.15, -0.1) is 0 Å². The Hall–Kier alpha value is -1.85. The summed E-state index contributed by atoms with van der Waals surface area (Å²) in [6.45, 7) is 2.10. The number of methoxy groups -OCH3 is 1. The zero-order valence-corrected chi connectivity index (χ0v) is 15.1. The van der Waals surface area contributed by atoms with E-state index in [-0.39, 0.29) is 17.8 Å². The van der Waals surface area contributed by atoms with Gasteiger partial charge in [-0.25, -0.2) is 0 Å². The van der Waals surface area contributed by atoms with E-state index >= 15 is 0 Å². The minimum absolute atomic E-state index is 0.199. The molecule has 1 aromatic carbocycles. The minimum atomic E-state index is -0.568. The lowest BCUT2D eigenvalue weighted by Crippen LogP contribution is -2.53. The summed E-state index contributed by atoms with van der Waals surface area (Å²) in [6.07, 6.45) is 3.14. The summed E-state index contributed by atoms with van der Waals surface area (Å²) in [5.74, 6) is 0.0541. The maximum Gasteiger partial charge on any atom is 0.311 e. The standard InChI is InChI=1S/C21H26N2O3/c1-26-21(25)19-15-10-17-20-14(13-4-2-3-5-16(13)22-20)8-9-23(17)11-12(15)6-7-18(19)24/h2-5,12,15,17-19,22,24H,6-11H2,1H3/t12-,15+,17-,18+,19-/m1/s1. The molecule has 2 aliphatic heterocycles. The quantitative estimate of drug-likeness (QED) is 0.773. The first-order chi connectivity index (χ1) is 12.7. The Balaban J connectivity index is 1.52. The molecule has 3 aliphatic rings. The van der Waals surface area contributed by atoms with E-state index in [2.05, 4.69) is 34.1 Å². The predicted octanol–water partition coefficient (Wildman–Crippen LogP) is 2.65. The SMILES string of the molecule is COC(=O)[C@@H]1[C@H]2C[C@@H]3c4[nH]c5ccccc5c4CCN3C[C@H]2CC[C@@H]1O. The Labute approximate surface area is 153 Å². The van der Waals surface area contributed by atoms with Crippen LogP contribution in [-0.4, -0.2) is 47.3 Å². The molecule has 5 heteroatoms. The summed E-state index contributed by atoms with van der Waals surface area (Å²) in [7, 11) is 1.43. The molecule has 138 valence electrons. The van der Waals surface area contributed by atoms with Crippen LogP contribution < -0.4 is 0 Å². The van der Waals surface area contributed by atoms with Crippen molar-refractivity contribution < 1.29 is 14.6 Å². The van der Waals surface area contributed by atoms with Crippen molar-refractivity contribution in [2.24, 2.45) is 17.8 Å². The number of nitrogens with zero attached hydrogens (tertiary/aromatic N) is 1. The van der Waals surface area contributed by atoms with Crippen LogP contribution in [0.1, 0.15) is 36.6 Å². The molecule has 0 spiro atoms. The van der Waals surface area contributed by atoms with E-state index in [9.17, 15) is 9.90 Å². The van der Waals surface area contributed by atoms with Crippen molar-refractivity contribution in [3.05, 3.63) is 35.5 Å². The number of carbonyl (C=O) groups excluding carboxylic acids is 1. The molecule has 0 radical (unpaired) electrons. The normalized spacial score (nSPS) is 34.0. The zero-order chi connectivity index (χ0) is 17.8. The number of piperidine rings is 1. The van der Waals surface area contributed by atoms with Crippen molar-refractivity contribution in [3.63, 3.8) is 0 Å². The van der Waals surface area contributed by atoms with Gasteiger partial charge in [0.2, 0.25) is 0 Å². The van der Waals surface area contributed by atoms with Gasteiger partial charge in [-0.05, 0) is 49.1 Å². The van der Waals surface area contributed by atoms with Gasteiger partial charge in [-0.3, -0.25) is 9.69 Å². The fraction of sp³-hybridized carbons (Fsp3) is 0.571. The monoisotopic (exact) mass is 354 g/mol. The number of esters is 1. The zero-order valence-electron chi connectivity index (χ0n) is 15.1. The fourth-order valence-corrected chi connectivity index (χ4v) is 5.80. The highest BCUT2D eigenvalue weighted by Gasteiger charge is 2.49. The van der Waals surface area contributed by atoms with Crippen molar-refractivity contribution >= 4 is 16.9 Å². The average molecular weight is 354 g/mol. The third kappa shape index (κ3) is 2.33. The fourth-order valence-electron chi connectivity index (χ4n) is 5.80. The average Bonchev–Trinajstić information content (AvgIpc) is 3.05. The van der Waals surface area contributed by atoms with Gasteiger partial charge in [-0.2, -0.15) is 0 Å². The molecule has 26 heavy (non-hydrogen) atoms. The van der Waals surface area contributed by atoms with E-state index in [4.69, 9.17) is 4.74 Å². The molecule has 2 N–H and O–H groups in total. The maximum absolute atomic E-state index is 12.4. The maximum atomic E-state index is 12.4. The van der Waals surface area contributed by atoms with Crippen LogP contribution in [-0.2, 0) is 16.0 Å². The first kappa shape index (κ1) is 16.3. The Morgan fingerprint density at radius 2 is 2.15 bits per heavy atom. The number of aliphatic hydroxyl groups excluding tert-OH is 1. The van der Waals surface area contributed by atoms with Crippen LogP contribution in [0.2, 0.25) is 0 Å². The Morgan fingerprint density at radius 3 is 3.00 bits per heavy atom. The van der Waals surface area contributed by atoms with Gasteiger partial charge in [0.25, 0.3) is 0 Å². The van der Waals surface area contributed by atoms with Crippen molar-refractivity contribution in [2.45, 2.75) is 37.8 Å². The first-order valence-electron chi connectivity index (χ1n) is 9.76. The molecule has 0 amide bonds. The molecule has 5 rings (SSSR count). The molecule has 3 heterocycles. The summed E-state index contributed by atoms with van der Waals surface area (Å²) >= 11 is 0. The molecule has 1 saturated carbocycles. The number of carbonyl (C=O) groups is 1. The van der Waals surface area contributed by atoms with E-state index in [0.29, 0.717) is 18.4 Å². The number of fused-ring (bicyclic) bond motifs is 6. The highest BCUT2D eigenvalue weighted by molar-refractivity contribution is 5.85. The van der Waals surface area contributed by atoms with Gasteiger partial charge in [0, 0.05) is 29.7 Å². The van der Waals surface area contributed by atoms with Crippen LogP contribution in [0, 0.1) is 17.8 Å². The number of benzene rings is 1. The summed E-state index contributed by atoms with van der Waals surface area (Å²) < 4.78 is 5.04. The molecule has 2 aromatic rings. The molecular formula is C21H26N2O3. The molecule has 2 fully saturated rings. The molecule has 0 bridgehead atoms. The summed E-state index contributed by atoms with van der Waals surface area (Å²) in [4.78, 5) is 18.6. The van der Waals surface area contributed by atoms with Gasteiger partial charge < -0.3 is 14.8 Å². The molecule has 1 saturated heterocycles. The van der Waals surface area contributed by atoms with E-state index in [1.807, 2.05) is 0 Å². The Morgan fingerprint density at radius 1 is 1.31 bits per heavy atom. The van der Waals surface area contributed by atoms with E-state index in [1.165, 1.54) is 29.3 Å². The highest BCUT2D eigenvalue weighted by atomic mass is 16.5. The summed E-state index contributed by atoms with van der Waals surface area (Å²) in [5.41, 5.74) is 3.96. The summed E-state index contributed by atoms with van der Waals surface area (Å²) in [5, 5.41) is 11.8. The molecule has 0 unspecified atom stereocenters. The number of para-hydroxylation sites is 1. The number of H-pyrrole nitrogens is 1. The molecule has 1 aromatic heterocycles. The van der Waals surface area contributed by atoms with E-state index in [0.717, 1.165) is 32.4 Å². The first-order valence-corrected chi connectivity index (χ1v) is 9.76. The predicted molar refractivity (Wildman–Crippen MR) is 98.7 cm³/mol. The summed E-state index contributed by atoms with van der Waals surface area (Å²) in [6, 6.07) is 8.83. The molecule has 1 aliphatic carbocycles. The van der Waals surface area contributed by atoms with Crippen LogP contribution in [0.3, 0.4) is 0 Å². The van der Waals surface area contributed by atoms with Crippen molar-refractivity contribution in [2.75, 3.05) is 20.2 Å². The molecular weight excluding hydrogens is 328 g/mol. The molecule has 5 nitrogen and oxygen atoms in total. The number of aromatic nitrogens is 1. The van der Waals surface area contributed by atoms with Gasteiger partial charge >= 0.3 is 5.97 Å². The smallest absolute Gasteiger partial charge is 0.311 e. The number of aliphatic hydroxyl groups is 1. The Kier molecular flexibility index (Phi) is 3.83. The van der Waals surface area contributed by atoms with Crippen LogP contribution in [0.25, 0.3) is 10.9 Å².